The molecule has 0 atom stereocenters. The van der Waals surface area contributed by atoms with Crippen molar-refractivity contribution in [3.8, 4) is 22.4 Å². The Labute approximate surface area is 149 Å². The normalized spacial score (nSPS) is 11.4. The molecular formula is C21H18FN3O. The standard InChI is InChI=1S/C21H18FN3O/c1-13(2)20-19(14-7-4-3-5-8-14)21-23-17(12-18(26)25(21)24-20)15-9-6-10-16(22)11-15/h3-13,24H,1-2H3. The second-order valence-corrected chi connectivity index (χ2v) is 6.57. The highest BCUT2D eigenvalue weighted by Crippen LogP contribution is 2.32. The maximum absolute atomic E-state index is 13.6. The van der Waals surface area contributed by atoms with Crippen LogP contribution in [0, 0.1) is 5.82 Å². The zero-order chi connectivity index (χ0) is 18.3. The van der Waals surface area contributed by atoms with Crippen LogP contribution in [0.2, 0.25) is 0 Å². The molecule has 0 saturated heterocycles. The number of nitrogens with one attached hydrogen (secondary N) is 1. The topological polar surface area (TPSA) is 50.2 Å². The number of halogens is 1. The number of hydrogen-bond donors (Lipinski definition) is 1. The van der Waals surface area contributed by atoms with Crippen LogP contribution in [0.1, 0.15) is 25.5 Å². The Morgan fingerprint density at radius 1 is 1.00 bits per heavy atom. The van der Waals surface area contributed by atoms with Crippen LogP contribution in [0.15, 0.2) is 65.5 Å². The first-order valence-electron chi connectivity index (χ1n) is 8.51. The highest BCUT2D eigenvalue weighted by atomic mass is 19.1. The molecule has 26 heavy (non-hydrogen) atoms. The number of hydrogen-bond acceptors (Lipinski definition) is 2. The number of H-pyrrole nitrogens is 1. The SMILES string of the molecule is CC(C)c1[nH]n2c(=O)cc(-c3cccc(F)c3)nc2c1-c1ccccc1. The quantitative estimate of drug-likeness (QED) is 0.588. The van der Waals surface area contributed by atoms with Crippen LogP contribution in [-0.2, 0) is 0 Å². The van der Waals surface area contributed by atoms with Crippen molar-refractivity contribution in [2.75, 3.05) is 0 Å². The first-order valence-corrected chi connectivity index (χ1v) is 8.51. The Balaban J connectivity index is 2.05. The van der Waals surface area contributed by atoms with E-state index in [4.69, 9.17) is 4.98 Å². The molecule has 5 heteroatoms. The number of benzene rings is 2. The molecule has 0 saturated carbocycles. The van der Waals surface area contributed by atoms with Crippen molar-refractivity contribution in [3.05, 3.63) is 82.5 Å². The van der Waals surface area contributed by atoms with Crippen LogP contribution in [0.25, 0.3) is 28.0 Å². The van der Waals surface area contributed by atoms with Gasteiger partial charge in [0, 0.05) is 22.9 Å². The molecule has 0 aliphatic carbocycles. The molecule has 0 aliphatic rings. The highest BCUT2D eigenvalue weighted by Gasteiger charge is 2.19. The molecule has 130 valence electrons. The summed E-state index contributed by atoms with van der Waals surface area (Å²) in [6, 6.07) is 17.4. The summed E-state index contributed by atoms with van der Waals surface area (Å²) in [4.78, 5) is 17.4. The summed E-state index contributed by atoms with van der Waals surface area (Å²) in [5.74, 6) is -0.173. The van der Waals surface area contributed by atoms with Gasteiger partial charge in [-0.1, -0.05) is 56.3 Å². The van der Waals surface area contributed by atoms with E-state index in [2.05, 4.69) is 18.9 Å². The molecule has 4 nitrogen and oxygen atoms in total. The van der Waals surface area contributed by atoms with Gasteiger partial charge in [-0.15, -0.1) is 0 Å². The van der Waals surface area contributed by atoms with Gasteiger partial charge in [-0.05, 0) is 23.6 Å². The Morgan fingerprint density at radius 2 is 1.73 bits per heavy atom. The zero-order valence-corrected chi connectivity index (χ0v) is 14.5. The van der Waals surface area contributed by atoms with Gasteiger partial charge in [0.2, 0.25) is 0 Å². The van der Waals surface area contributed by atoms with E-state index in [1.807, 2.05) is 30.3 Å². The minimum absolute atomic E-state index is 0.184. The van der Waals surface area contributed by atoms with Crippen molar-refractivity contribution in [3.63, 3.8) is 0 Å². The van der Waals surface area contributed by atoms with Crippen molar-refractivity contribution in [2.45, 2.75) is 19.8 Å². The summed E-state index contributed by atoms with van der Waals surface area (Å²) >= 11 is 0. The van der Waals surface area contributed by atoms with Crippen LogP contribution in [0.5, 0.6) is 0 Å². The van der Waals surface area contributed by atoms with Gasteiger partial charge in [-0.25, -0.2) is 13.9 Å². The Kier molecular flexibility index (Phi) is 3.92. The second kappa shape index (κ2) is 6.26. The number of nitrogens with zero attached hydrogens (tertiary/aromatic N) is 2. The number of fused-ring (bicyclic) bond motifs is 1. The molecule has 2 aromatic heterocycles. The maximum Gasteiger partial charge on any atom is 0.273 e. The Morgan fingerprint density at radius 3 is 2.42 bits per heavy atom. The predicted octanol–water partition coefficient (Wildman–Crippen LogP) is 4.62. The van der Waals surface area contributed by atoms with Crippen LogP contribution in [0.3, 0.4) is 0 Å². The first kappa shape index (κ1) is 16.3. The molecule has 4 aromatic rings. The monoisotopic (exact) mass is 347 g/mol. The molecule has 0 spiro atoms. The van der Waals surface area contributed by atoms with Gasteiger partial charge in [0.15, 0.2) is 5.65 Å². The molecule has 0 radical (unpaired) electrons. The molecule has 0 unspecified atom stereocenters. The van der Waals surface area contributed by atoms with Crippen molar-refractivity contribution in [2.24, 2.45) is 0 Å². The summed E-state index contributed by atoms with van der Waals surface area (Å²) in [5.41, 5.74) is 4.19. The van der Waals surface area contributed by atoms with Gasteiger partial charge >= 0.3 is 0 Å². The summed E-state index contributed by atoms with van der Waals surface area (Å²) < 4.78 is 15.1. The molecule has 0 amide bonds. The van der Waals surface area contributed by atoms with Crippen LogP contribution in [-0.4, -0.2) is 14.6 Å². The predicted molar refractivity (Wildman–Crippen MR) is 101 cm³/mol. The average molecular weight is 347 g/mol. The lowest BCUT2D eigenvalue weighted by Gasteiger charge is -2.06. The molecule has 1 N–H and O–H groups in total. The number of aromatic nitrogens is 3. The third kappa shape index (κ3) is 2.71. The lowest BCUT2D eigenvalue weighted by Crippen LogP contribution is -2.14. The maximum atomic E-state index is 13.6. The molecule has 0 fully saturated rings. The fourth-order valence-electron chi connectivity index (χ4n) is 3.16. The van der Waals surface area contributed by atoms with Crippen molar-refractivity contribution >= 4 is 5.65 Å². The van der Waals surface area contributed by atoms with Crippen LogP contribution >= 0.6 is 0 Å². The van der Waals surface area contributed by atoms with Gasteiger partial charge in [0.25, 0.3) is 5.56 Å². The molecular weight excluding hydrogens is 329 g/mol. The molecule has 4 rings (SSSR count). The van der Waals surface area contributed by atoms with E-state index >= 15 is 0 Å². The lowest BCUT2D eigenvalue weighted by molar-refractivity contribution is 0.628. The van der Waals surface area contributed by atoms with Gasteiger partial charge in [-0.3, -0.25) is 9.89 Å². The minimum Gasteiger partial charge on any atom is -0.293 e. The minimum atomic E-state index is -0.357. The molecule has 2 heterocycles. The number of aromatic amines is 1. The van der Waals surface area contributed by atoms with E-state index in [0.29, 0.717) is 16.9 Å². The van der Waals surface area contributed by atoms with E-state index in [1.54, 1.807) is 12.1 Å². The summed E-state index contributed by atoms with van der Waals surface area (Å²) in [5, 5.41) is 3.19. The van der Waals surface area contributed by atoms with Gasteiger partial charge in [0.1, 0.15) is 5.82 Å². The van der Waals surface area contributed by atoms with E-state index in [9.17, 15) is 9.18 Å². The van der Waals surface area contributed by atoms with Crippen molar-refractivity contribution < 1.29 is 4.39 Å². The van der Waals surface area contributed by atoms with E-state index in [1.165, 1.54) is 22.7 Å². The average Bonchev–Trinajstić information content (AvgIpc) is 3.03. The summed E-state index contributed by atoms with van der Waals surface area (Å²) in [6.45, 7) is 4.13. The van der Waals surface area contributed by atoms with Gasteiger partial charge in [-0.2, -0.15) is 0 Å². The summed E-state index contributed by atoms with van der Waals surface area (Å²) in [6.07, 6.45) is 0. The molecule has 0 aliphatic heterocycles. The lowest BCUT2D eigenvalue weighted by atomic mass is 9.99. The van der Waals surface area contributed by atoms with Crippen molar-refractivity contribution in [1.82, 2.24) is 14.6 Å². The Hall–Kier alpha value is -3.21. The van der Waals surface area contributed by atoms with Crippen molar-refractivity contribution in [1.29, 1.82) is 0 Å². The smallest absolute Gasteiger partial charge is 0.273 e. The molecule has 0 bridgehead atoms. The van der Waals surface area contributed by atoms with Crippen LogP contribution in [0.4, 0.5) is 4.39 Å². The summed E-state index contributed by atoms with van der Waals surface area (Å²) in [7, 11) is 0. The second-order valence-electron chi connectivity index (χ2n) is 6.57. The largest absolute Gasteiger partial charge is 0.293 e. The van der Waals surface area contributed by atoms with Crippen LogP contribution < -0.4 is 5.56 Å². The molecule has 2 aromatic carbocycles. The number of rotatable bonds is 3. The van der Waals surface area contributed by atoms with E-state index in [0.717, 1.165) is 16.8 Å². The van der Waals surface area contributed by atoms with E-state index < -0.39 is 0 Å². The fraction of sp³-hybridized carbons (Fsp3) is 0.143. The van der Waals surface area contributed by atoms with Gasteiger partial charge in [0.05, 0.1) is 5.69 Å². The third-order valence-corrected chi connectivity index (χ3v) is 4.40. The fourth-order valence-corrected chi connectivity index (χ4v) is 3.16. The van der Waals surface area contributed by atoms with Gasteiger partial charge < -0.3 is 0 Å². The highest BCUT2D eigenvalue weighted by molar-refractivity contribution is 5.81. The first-order chi connectivity index (χ1) is 12.5. The third-order valence-electron chi connectivity index (χ3n) is 4.40. The zero-order valence-electron chi connectivity index (χ0n) is 14.5. The Bertz CT molecular complexity index is 1140. The van der Waals surface area contributed by atoms with E-state index in [-0.39, 0.29) is 17.3 Å².